The van der Waals surface area contributed by atoms with Crippen LogP contribution in [0.2, 0.25) is 0 Å². The number of benzene rings is 1. The molecule has 1 aromatic carbocycles. The third-order valence-electron chi connectivity index (χ3n) is 3.21. The summed E-state index contributed by atoms with van der Waals surface area (Å²) in [6.45, 7) is 7.20. The first-order valence-electron chi connectivity index (χ1n) is 6.60. The minimum atomic E-state index is 0.369. The number of pyridine rings is 1. The molecule has 2 N–H and O–H groups in total. The maximum atomic E-state index is 6.03. The molecule has 3 nitrogen and oxygen atoms in total. The van der Waals surface area contributed by atoms with Crippen molar-refractivity contribution in [1.82, 2.24) is 4.98 Å². The SMILES string of the molecule is Cc1ccnc(N(Cc2ccccc2N)C(C)C)c1. The maximum absolute atomic E-state index is 6.03. The standard InChI is InChI=1S/C16H21N3/c1-12(2)19(16-10-13(3)8-9-18-16)11-14-6-4-5-7-15(14)17/h4-10,12H,11,17H2,1-3H3. The van der Waals surface area contributed by atoms with Gasteiger partial charge in [-0.3, -0.25) is 0 Å². The van der Waals surface area contributed by atoms with Crippen molar-refractivity contribution >= 4 is 11.5 Å². The summed E-state index contributed by atoms with van der Waals surface area (Å²) in [6, 6.07) is 12.5. The van der Waals surface area contributed by atoms with Crippen molar-refractivity contribution in [3.63, 3.8) is 0 Å². The van der Waals surface area contributed by atoms with Crippen molar-refractivity contribution in [3.05, 3.63) is 53.7 Å². The lowest BCUT2D eigenvalue weighted by atomic mass is 10.1. The molecule has 0 aliphatic heterocycles. The first-order valence-corrected chi connectivity index (χ1v) is 6.60. The lowest BCUT2D eigenvalue weighted by Crippen LogP contribution is -2.31. The van der Waals surface area contributed by atoms with Gasteiger partial charge >= 0.3 is 0 Å². The van der Waals surface area contributed by atoms with Crippen molar-refractivity contribution in [3.8, 4) is 0 Å². The molecule has 0 saturated heterocycles. The van der Waals surface area contributed by atoms with E-state index in [1.165, 1.54) is 5.56 Å². The van der Waals surface area contributed by atoms with Crippen LogP contribution in [0.1, 0.15) is 25.0 Å². The van der Waals surface area contributed by atoms with Gasteiger partial charge in [-0.25, -0.2) is 4.98 Å². The van der Waals surface area contributed by atoms with E-state index in [9.17, 15) is 0 Å². The molecule has 2 rings (SSSR count). The van der Waals surface area contributed by atoms with Gasteiger partial charge in [0.25, 0.3) is 0 Å². The normalized spacial score (nSPS) is 10.7. The van der Waals surface area contributed by atoms with Crippen molar-refractivity contribution in [2.75, 3.05) is 10.6 Å². The van der Waals surface area contributed by atoms with Crippen LogP contribution in [0.15, 0.2) is 42.6 Å². The summed E-state index contributed by atoms with van der Waals surface area (Å²) in [4.78, 5) is 6.73. The highest BCUT2D eigenvalue weighted by atomic mass is 15.2. The van der Waals surface area contributed by atoms with Crippen LogP contribution in [0.5, 0.6) is 0 Å². The van der Waals surface area contributed by atoms with E-state index in [2.05, 4.69) is 42.8 Å². The second kappa shape index (κ2) is 5.74. The molecule has 100 valence electrons. The van der Waals surface area contributed by atoms with Crippen LogP contribution < -0.4 is 10.6 Å². The van der Waals surface area contributed by atoms with Crippen LogP contribution in [-0.2, 0) is 6.54 Å². The Bertz CT molecular complexity index is 549. The quantitative estimate of drug-likeness (QED) is 0.851. The van der Waals surface area contributed by atoms with E-state index in [1.54, 1.807) is 0 Å². The van der Waals surface area contributed by atoms with Gasteiger partial charge in [0, 0.05) is 24.5 Å². The zero-order valence-corrected chi connectivity index (χ0v) is 11.8. The molecule has 0 aliphatic carbocycles. The molecular weight excluding hydrogens is 234 g/mol. The Morgan fingerprint density at radius 1 is 1.21 bits per heavy atom. The zero-order chi connectivity index (χ0) is 13.8. The highest BCUT2D eigenvalue weighted by molar-refractivity contribution is 5.50. The Balaban J connectivity index is 2.29. The topological polar surface area (TPSA) is 42.2 Å². The van der Waals surface area contributed by atoms with E-state index in [-0.39, 0.29) is 0 Å². The first-order chi connectivity index (χ1) is 9.08. The fourth-order valence-corrected chi connectivity index (χ4v) is 2.07. The monoisotopic (exact) mass is 255 g/mol. The highest BCUT2D eigenvalue weighted by Crippen LogP contribution is 2.21. The number of nitrogen functional groups attached to an aromatic ring is 1. The molecule has 19 heavy (non-hydrogen) atoms. The number of hydrogen-bond donors (Lipinski definition) is 1. The van der Waals surface area contributed by atoms with Crippen LogP contribution in [0.25, 0.3) is 0 Å². The molecule has 0 atom stereocenters. The molecule has 0 unspecified atom stereocenters. The second-order valence-corrected chi connectivity index (χ2v) is 5.11. The van der Waals surface area contributed by atoms with Gasteiger partial charge in [-0.1, -0.05) is 18.2 Å². The zero-order valence-electron chi connectivity index (χ0n) is 11.8. The Hall–Kier alpha value is -2.03. The molecule has 0 bridgehead atoms. The Labute approximate surface area is 115 Å². The summed E-state index contributed by atoms with van der Waals surface area (Å²) < 4.78 is 0. The van der Waals surface area contributed by atoms with Gasteiger partial charge < -0.3 is 10.6 Å². The van der Waals surface area contributed by atoms with Gasteiger partial charge in [0.05, 0.1) is 0 Å². The van der Waals surface area contributed by atoms with Gasteiger partial charge in [-0.2, -0.15) is 0 Å². The van der Waals surface area contributed by atoms with Crippen molar-refractivity contribution in [2.45, 2.75) is 33.4 Å². The first kappa shape index (κ1) is 13.4. The van der Waals surface area contributed by atoms with Crippen molar-refractivity contribution in [2.24, 2.45) is 0 Å². The average molecular weight is 255 g/mol. The third kappa shape index (κ3) is 3.25. The van der Waals surface area contributed by atoms with E-state index in [4.69, 9.17) is 5.73 Å². The lowest BCUT2D eigenvalue weighted by Gasteiger charge is -2.28. The van der Waals surface area contributed by atoms with Crippen LogP contribution >= 0.6 is 0 Å². The Kier molecular flexibility index (Phi) is 4.05. The molecule has 0 radical (unpaired) electrons. The van der Waals surface area contributed by atoms with Gasteiger partial charge in [-0.15, -0.1) is 0 Å². The average Bonchev–Trinajstić information content (AvgIpc) is 2.37. The van der Waals surface area contributed by atoms with Gasteiger partial charge in [0.2, 0.25) is 0 Å². The van der Waals surface area contributed by atoms with Gasteiger partial charge in [-0.05, 0) is 50.1 Å². The summed E-state index contributed by atoms with van der Waals surface area (Å²) in [5.41, 5.74) is 9.22. The number of nitrogens with zero attached hydrogens (tertiary/aromatic N) is 2. The summed E-state index contributed by atoms with van der Waals surface area (Å²) in [5, 5.41) is 0. The number of para-hydroxylation sites is 1. The van der Waals surface area contributed by atoms with Crippen molar-refractivity contribution in [1.29, 1.82) is 0 Å². The molecular formula is C16H21N3. The maximum Gasteiger partial charge on any atom is 0.129 e. The van der Waals surface area contributed by atoms with Gasteiger partial charge in [0.1, 0.15) is 5.82 Å². The molecule has 0 fully saturated rings. The largest absolute Gasteiger partial charge is 0.398 e. The van der Waals surface area contributed by atoms with E-state index in [1.807, 2.05) is 30.5 Å². The summed E-state index contributed by atoms with van der Waals surface area (Å²) in [7, 11) is 0. The van der Waals surface area contributed by atoms with Crippen LogP contribution in [0.4, 0.5) is 11.5 Å². The smallest absolute Gasteiger partial charge is 0.129 e. The number of nitrogens with two attached hydrogens (primary N) is 1. The fourth-order valence-electron chi connectivity index (χ4n) is 2.07. The molecule has 0 spiro atoms. The minimum absolute atomic E-state index is 0.369. The minimum Gasteiger partial charge on any atom is -0.398 e. The molecule has 0 saturated carbocycles. The molecule has 1 heterocycles. The predicted octanol–water partition coefficient (Wildman–Crippen LogP) is 3.39. The summed E-state index contributed by atoms with van der Waals surface area (Å²) in [5.74, 6) is 0.998. The van der Waals surface area contributed by atoms with E-state index < -0.39 is 0 Å². The molecule has 0 aliphatic rings. The second-order valence-electron chi connectivity index (χ2n) is 5.11. The number of anilines is 2. The van der Waals surface area contributed by atoms with Crippen LogP contribution in [0, 0.1) is 6.92 Å². The van der Waals surface area contributed by atoms with Crippen LogP contribution in [0.3, 0.4) is 0 Å². The molecule has 2 aromatic rings. The van der Waals surface area contributed by atoms with Crippen molar-refractivity contribution < 1.29 is 0 Å². The lowest BCUT2D eigenvalue weighted by molar-refractivity contribution is 0.673. The van der Waals surface area contributed by atoms with E-state index >= 15 is 0 Å². The molecule has 3 heteroatoms. The summed E-state index contributed by atoms with van der Waals surface area (Å²) in [6.07, 6.45) is 1.86. The Morgan fingerprint density at radius 2 is 1.95 bits per heavy atom. The number of hydrogen-bond acceptors (Lipinski definition) is 3. The van der Waals surface area contributed by atoms with E-state index in [0.29, 0.717) is 6.04 Å². The summed E-state index contributed by atoms with van der Waals surface area (Å²) >= 11 is 0. The number of aromatic nitrogens is 1. The Morgan fingerprint density at radius 3 is 2.58 bits per heavy atom. The van der Waals surface area contributed by atoms with E-state index in [0.717, 1.165) is 23.6 Å². The number of rotatable bonds is 4. The molecule has 0 amide bonds. The third-order valence-corrected chi connectivity index (χ3v) is 3.21. The molecule has 1 aromatic heterocycles. The van der Waals surface area contributed by atoms with Gasteiger partial charge in [0.15, 0.2) is 0 Å². The fraction of sp³-hybridized carbons (Fsp3) is 0.312. The predicted molar refractivity (Wildman–Crippen MR) is 81.1 cm³/mol. The highest BCUT2D eigenvalue weighted by Gasteiger charge is 2.13. The van der Waals surface area contributed by atoms with Crippen LogP contribution in [-0.4, -0.2) is 11.0 Å². The number of aryl methyl sites for hydroxylation is 1.